The molecule has 1 saturated carbocycles. The molecule has 1 aliphatic heterocycles. The highest BCUT2D eigenvalue weighted by Gasteiger charge is 2.38. The molecule has 0 aromatic heterocycles. The van der Waals surface area contributed by atoms with E-state index in [9.17, 15) is 0 Å². The lowest BCUT2D eigenvalue weighted by atomic mass is 9.78. The first-order chi connectivity index (χ1) is 7.99. The fraction of sp³-hybridized carbons (Fsp3) is 1.00. The summed E-state index contributed by atoms with van der Waals surface area (Å²) in [6, 6.07) is 0.810. The molecule has 0 spiro atoms. The van der Waals surface area contributed by atoms with Crippen molar-refractivity contribution in [2.45, 2.75) is 57.7 Å². The van der Waals surface area contributed by atoms with E-state index in [1.807, 2.05) is 7.11 Å². The molecule has 2 aliphatic rings. The molecule has 1 aliphatic carbocycles. The van der Waals surface area contributed by atoms with E-state index in [1.54, 1.807) is 0 Å². The molecule has 0 amide bonds. The second-order valence-corrected chi connectivity index (χ2v) is 6.68. The van der Waals surface area contributed by atoms with E-state index in [-0.39, 0.29) is 5.54 Å². The second-order valence-electron chi connectivity index (χ2n) is 6.68. The van der Waals surface area contributed by atoms with Crippen LogP contribution in [0, 0.1) is 5.92 Å². The highest BCUT2D eigenvalue weighted by Crippen LogP contribution is 2.34. The Hall–Kier alpha value is -0.120. The van der Waals surface area contributed by atoms with E-state index in [2.05, 4.69) is 31.0 Å². The van der Waals surface area contributed by atoms with Crippen LogP contribution in [0.25, 0.3) is 0 Å². The summed E-state index contributed by atoms with van der Waals surface area (Å²) in [5, 5.41) is 3.64. The zero-order valence-corrected chi connectivity index (χ0v) is 11.8. The molecular weight excluding hydrogens is 212 g/mol. The fourth-order valence-electron chi connectivity index (χ4n) is 2.96. The van der Waals surface area contributed by atoms with Gasteiger partial charge in [0.1, 0.15) is 0 Å². The number of methoxy groups -OCH3 is 1. The van der Waals surface area contributed by atoms with Gasteiger partial charge in [-0.3, -0.25) is 4.90 Å². The van der Waals surface area contributed by atoms with Crippen molar-refractivity contribution in [1.29, 1.82) is 0 Å². The first-order valence-electron chi connectivity index (χ1n) is 7.01. The smallest absolute Gasteiger partial charge is 0.0710 e. The van der Waals surface area contributed by atoms with Gasteiger partial charge < -0.3 is 10.1 Å². The fourth-order valence-corrected chi connectivity index (χ4v) is 2.96. The third-order valence-electron chi connectivity index (χ3n) is 4.25. The SMILES string of the molecule is COC1CCN(C2CCC2CNC(C)(C)C)C1. The quantitative estimate of drug-likeness (QED) is 0.812. The van der Waals surface area contributed by atoms with E-state index in [0.717, 1.165) is 18.5 Å². The Morgan fingerprint density at radius 3 is 2.47 bits per heavy atom. The van der Waals surface area contributed by atoms with Crippen LogP contribution in [0.15, 0.2) is 0 Å². The molecule has 1 heterocycles. The van der Waals surface area contributed by atoms with Gasteiger partial charge in [-0.25, -0.2) is 0 Å². The Labute approximate surface area is 106 Å². The lowest BCUT2D eigenvalue weighted by Gasteiger charge is -2.44. The molecule has 1 N–H and O–H groups in total. The lowest BCUT2D eigenvalue weighted by molar-refractivity contribution is 0.0531. The third kappa shape index (κ3) is 3.43. The van der Waals surface area contributed by atoms with E-state index in [0.29, 0.717) is 6.10 Å². The number of nitrogens with one attached hydrogen (secondary N) is 1. The average molecular weight is 240 g/mol. The Morgan fingerprint density at radius 1 is 1.24 bits per heavy atom. The van der Waals surface area contributed by atoms with Gasteiger partial charge >= 0.3 is 0 Å². The lowest BCUT2D eigenvalue weighted by Crippen LogP contribution is -2.52. The first-order valence-corrected chi connectivity index (χ1v) is 7.01. The van der Waals surface area contributed by atoms with Crippen LogP contribution < -0.4 is 5.32 Å². The molecule has 0 bridgehead atoms. The van der Waals surface area contributed by atoms with Crippen molar-refractivity contribution in [2.24, 2.45) is 5.92 Å². The molecule has 0 aromatic rings. The maximum absolute atomic E-state index is 5.45. The first kappa shape index (κ1) is 13.3. The zero-order chi connectivity index (χ0) is 12.5. The normalized spacial score (nSPS) is 34.9. The van der Waals surface area contributed by atoms with Gasteiger partial charge in [-0.1, -0.05) is 0 Å². The Kier molecular flexibility index (Phi) is 4.11. The van der Waals surface area contributed by atoms with Crippen molar-refractivity contribution in [3.63, 3.8) is 0 Å². The second kappa shape index (κ2) is 5.25. The Balaban J connectivity index is 1.75. The molecule has 3 nitrogen and oxygen atoms in total. The van der Waals surface area contributed by atoms with Crippen LogP contribution in [-0.4, -0.2) is 49.3 Å². The summed E-state index contributed by atoms with van der Waals surface area (Å²) in [5.41, 5.74) is 0.250. The molecule has 3 heteroatoms. The monoisotopic (exact) mass is 240 g/mol. The van der Waals surface area contributed by atoms with Gasteiger partial charge in [-0.05, 0) is 52.5 Å². The Morgan fingerprint density at radius 2 is 2.00 bits per heavy atom. The molecule has 17 heavy (non-hydrogen) atoms. The van der Waals surface area contributed by atoms with Gasteiger partial charge in [-0.2, -0.15) is 0 Å². The number of ether oxygens (including phenoxy) is 1. The number of hydrogen-bond donors (Lipinski definition) is 1. The molecule has 3 atom stereocenters. The largest absolute Gasteiger partial charge is 0.380 e. The predicted octanol–water partition coefficient (Wildman–Crippen LogP) is 1.87. The minimum Gasteiger partial charge on any atom is -0.380 e. The van der Waals surface area contributed by atoms with Crippen molar-refractivity contribution in [3.05, 3.63) is 0 Å². The van der Waals surface area contributed by atoms with Crippen LogP contribution in [0.3, 0.4) is 0 Å². The van der Waals surface area contributed by atoms with Crippen LogP contribution in [0.2, 0.25) is 0 Å². The zero-order valence-electron chi connectivity index (χ0n) is 11.8. The van der Waals surface area contributed by atoms with Crippen LogP contribution in [0.5, 0.6) is 0 Å². The van der Waals surface area contributed by atoms with Crippen LogP contribution in [0.4, 0.5) is 0 Å². The van der Waals surface area contributed by atoms with E-state index >= 15 is 0 Å². The van der Waals surface area contributed by atoms with Gasteiger partial charge in [0.15, 0.2) is 0 Å². The van der Waals surface area contributed by atoms with Gasteiger partial charge in [0.25, 0.3) is 0 Å². The van der Waals surface area contributed by atoms with Crippen molar-refractivity contribution in [1.82, 2.24) is 10.2 Å². The summed E-state index contributed by atoms with van der Waals surface area (Å²) in [5.74, 6) is 0.852. The summed E-state index contributed by atoms with van der Waals surface area (Å²) in [6.07, 6.45) is 4.47. The van der Waals surface area contributed by atoms with E-state index in [1.165, 1.54) is 32.4 Å². The minimum atomic E-state index is 0.250. The van der Waals surface area contributed by atoms with Crippen molar-refractivity contribution in [3.8, 4) is 0 Å². The number of likely N-dealkylation sites (tertiary alicyclic amines) is 1. The number of rotatable bonds is 4. The van der Waals surface area contributed by atoms with Gasteiger partial charge in [0.2, 0.25) is 0 Å². The highest BCUT2D eigenvalue weighted by molar-refractivity contribution is 4.94. The molecular formula is C14H28N2O. The average Bonchev–Trinajstić information content (AvgIpc) is 2.62. The Bertz CT molecular complexity index is 249. The van der Waals surface area contributed by atoms with Crippen molar-refractivity contribution >= 4 is 0 Å². The molecule has 100 valence electrons. The maximum Gasteiger partial charge on any atom is 0.0710 e. The summed E-state index contributed by atoms with van der Waals surface area (Å²) in [4.78, 5) is 2.65. The predicted molar refractivity (Wildman–Crippen MR) is 71.3 cm³/mol. The third-order valence-corrected chi connectivity index (χ3v) is 4.25. The molecule has 2 rings (SSSR count). The molecule has 2 fully saturated rings. The van der Waals surface area contributed by atoms with E-state index in [4.69, 9.17) is 4.74 Å². The summed E-state index contributed by atoms with van der Waals surface area (Å²) in [6.45, 7) is 10.3. The number of hydrogen-bond acceptors (Lipinski definition) is 3. The highest BCUT2D eigenvalue weighted by atomic mass is 16.5. The van der Waals surface area contributed by atoms with Gasteiger partial charge in [0, 0.05) is 31.8 Å². The van der Waals surface area contributed by atoms with Crippen LogP contribution in [0.1, 0.15) is 40.0 Å². The summed E-state index contributed by atoms with van der Waals surface area (Å²) in [7, 11) is 1.84. The standard InChI is InChI=1S/C14H28N2O/c1-14(2,3)15-9-11-5-6-13(11)16-8-7-12(10-16)17-4/h11-13,15H,5-10H2,1-4H3. The summed E-state index contributed by atoms with van der Waals surface area (Å²) < 4.78 is 5.45. The van der Waals surface area contributed by atoms with Crippen molar-refractivity contribution < 1.29 is 4.74 Å². The van der Waals surface area contributed by atoms with Gasteiger partial charge in [0.05, 0.1) is 6.10 Å². The molecule has 0 aromatic carbocycles. The van der Waals surface area contributed by atoms with Crippen molar-refractivity contribution in [2.75, 3.05) is 26.7 Å². The molecule has 1 saturated heterocycles. The maximum atomic E-state index is 5.45. The van der Waals surface area contributed by atoms with Gasteiger partial charge in [-0.15, -0.1) is 0 Å². The molecule has 3 unspecified atom stereocenters. The number of nitrogens with zero attached hydrogens (tertiary/aromatic N) is 1. The minimum absolute atomic E-state index is 0.250. The van der Waals surface area contributed by atoms with E-state index < -0.39 is 0 Å². The summed E-state index contributed by atoms with van der Waals surface area (Å²) >= 11 is 0. The molecule has 0 radical (unpaired) electrons. The van der Waals surface area contributed by atoms with Crippen LogP contribution in [-0.2, 0) is 4.74 Å². The van der Waals surface area contributed by atoms with Crippen LogP contribution >= 0.6 is 0 Å². The topological polar surface area (TPSA) is 24.5 Å².